The summed E-state index contributed by atoms with van der Waals surface area (Å²) in [4.78, 5) is 60.5. The van der Waals surface area contributed by atoms with Gasteiger partial charge in [-0.05, 0) is 62.8 Å². The summed E-state index contributed by atoms with van der Waals surface area (Å²) in [5.74, 6) is -2.20. The second-order valence-electron chi connectivity index (χ2n) is 13.7. The number of H-pyrrole nitrogens is 1. The van der Waals surface area contributed by atoms with Crippen LogP contribution < -0.4 is 16.8 Å². The van der Waals surface area contributed by atoms with Crippen LogP contribution in [0.1, 0.15) is 62.0 Å². The van der Waals surface area contributed by atoms with Crippen LogP contribution in [-0.4, -0.2) is 74.1 Å². The molecule has 7 N–H and O–H groups in total. The maximum atomic E-state index is 14.4. The number of aryl methyl sites for hydroxylation is 1. The van der Waals surface area contributed by atoms with Gasteiger partial charge in [-0.25, -0.2) is 9.69 Å². The van der Waals surface area contributed by atoms with Crippen LogP contribution in [0.3, 0.4) is 0 Å². The molecule has 5 rings (SSSR count). The first-order valence-electron chi connectivity index (χ1n) is 16.8. The zero-order valence-corrected chi connectivity index (χ0v) is 28.7. The normalized spacial score (nSPS) is 16.5. The molecule has 1 aliphatic heterocycles. The number of ether oxygens (including phenoxy) is 1. The van der Waals surface area contributed by atoms with E-state index in [0.717, 1.165) is 26.9 Å². The highest BCUT2D eigenvalue weighted by Gasteiger charge is 2.48. The van der Waals surface area contributed by atoms with E-state index in [9.17, 15) is 24.3 Å². The molecule has 4 aromatic rings. The molecule has 0 radical (unpaired) electrons. The maximum absolute atomic E-state index is 14.4. The van der Waals surface area contributed by atoms with Gasteiger partial charge in [-0.15, -0.1) is 0 Å². The van der Waals surface area contributed by atoms with Gasteiger partial charge < -0.3 is 31.6 Å². The van der Waals surface area contributed by atoms with Crippen LogP contribution in [0.25, 0.3) is 10.9 Å². The van der Waals surface area contributed by atoms with Crippen LogP contribution in [0.4, 0.5) is 4.79 Å². The van der Waals surface area contributed by atoms with Crippen LogP contribution >= 0.6 is 0 Å². The second-order valence-corrected chi connectivity index (χ2v) is 13.7. The molecule has 0 spiro atoms. The maximum Gasteiger partial charge on any atom is 0.418 e. The van der Waals surface area contributed by atoms with Gasteiger partial charge in [0.2, 0.25) is 11.8 Å². The summed E-state index contributed by atoms with van der Waals surface area (Å²) in [6.45, 7) is 5.58. The number of carbonyl (C=O) groups is 4. The summed E-state index contributed by atoms with van der Waals surface area (Å²) < 4.78 is 5.69. The minimum atomic E-state index is -1.52. The number of benzene rings is 3. The Balaban J connectivity index is 1.63. The summed E-state index contributed by atoms with van der Waals surface area (Å²) >= 11 is 0. The lowest BCUT2D eigenvalue weighted by molar-refractivity contribution is -0.150. The van der Waals surface area contributed by atoms with Crippen molar-refractivity contribution in [1.29, 1.82) is 0 Å². The van der Waals surface area contributed by atoms with Gasteiger partial charge in [0.05, 0.1) is 18.6 Å². The number of nitrogens with two attached hydrogens (primary N) is 2. The van der Waals surface area contributed by atoms with Gasteiger partial charge in [-0.2, -0.15) is 0 Å². The molecule has 1 aromatic heterocycles. The molecule has 4 amide bonds. The van der Waals surface area contributed by atoms with Crippen molar-refractivity contribution in [2.75, 3.05) is 6.54 Å². The molecule has 12 heteroatoms. The number of rotatable bonds is 12. The van der Waals surface area contributed by atoms with E-state index >= 15 is 0 Å². The summed E-state index contributed by atoms with van der Waals surface area (Å²) in [6.07, 6.45) is -3.48. The quantitative estimate of drug-likeness (QED) is 0.150. The van der Waals surface area contributed by atoms with E-state index in [2.05, 4.69) is 10.3 Å². The van der Waals surface area contributed by atoms with Crippen molar-refractivity contribution >= 4 is 34.7 Å². The predicted molar refractivity (Wildman–Crippen MR) is 189 cm³/mol. The summed E-state index contributed by atoms with van der Waals surface area (Å²) in [5, 5.41) is 16.2. The number of para-hydroxylation sites is 1. The van der Waals surface area contributed by atoms with Gasteiger partial charge in [-0.3, -0.25) is 19.3 Å². The van der Waals surface area contributed by atoms with Crippen LogP contribution in [0.15, 0.2) is 84.9 Å². The molecular weight excluding hydrogens is 636 g/mol. The highest BCUT2D eigenvalue weighted by Crippen LogP contribution is 2.38. The van der Waals surface area contributed by atoms with Crippen molar-refractivity contribution in [3.05, 3.63) is 107 Å². The average Bonchev–Trinajstić information content (AvgIpc) is 3.46. The van der Waals surface area contributed by atoms with Gasteiger partial charge in [0.1, 0.15) is 18.8 Å². The number of aromatic amines is 1. The molecule has 0 saturated heterocycles. The fraction of sp³-hybridized carbons (Fsp3) is 0.368. The lowest BCUT2D eigenvalue weighted by Crippen LogP contribution is -2.65. The number of carbonyl (C=O) groups excluding carboxylic acids is 4. The number of nitrogens with one attached hydrogen (secondary N) is 2. The van der Waals surface area contributed by atoms with E-state index in [4.69, 9.17) is 16.2 Å². The van der Waals surface area contributed by atoms with E-state index < -0.39 is 60.1 Å². The summed E-state index contributed by atoms with van der Waals surface area (Å²) in [6, 6.07) is 23.5. The number of fused-ring (bicyclic) bond motifs is 3. The zero-order valence-electron chi connectivity index (χ0n) is 28.7. The third-order valence-electron chi connectivity index (χ3n) is 8.72. The highest BCUT2D eigenvalue weighted by atomic mass is 16.6. The topological polar surface area (TPSA) is 184 Å². The Morgan fingerprint density at radius 3 is 2.24 bits per heavy atom. The van der Waals surface area contributed by atoms with Gasteiger partial charge >= 0.3 is 6.09 Å². The minimum absolute atomic E-state index is 0.110. The highest BCUT2D eigenvalue weighted by molar-refractivity contribution is 5.97. The Morgan fingerprint density at radius 2 is 1.60 bits per heavy atom. The van der Waals surface area contributed by atoms with E-state index in [1.807, 2.05) is 81.4 Å². The van der Waals surface area contributed by atoms with E-state index in [-0.39, 0.29) is 19.6 Å². The number of imide groups is 1. The molecule has 4 atom stereocenters. The van der Waals surface area contributed by atoms with E-state index in [0.29, 0.717) is 24.1 Å². The summed E-state index contributed by atoms with van der Waals surface area (Å²) in [7, 11) is 0. The lowest BCUT2D eigenvalue weighted by atomic mass is 9.93. The van der Waals surface area contributed by atoms with Crippen molar-refractivity contribution < 1.29 is 29.0 Å². The second kappa shape index (κ2) is 15.7. The van der Waals surface area contributed by atoms with Crippen molar-refractivity contribution in [3.63, 3.8) is 0 Å². The van der Waals surface area contributed by atoms with Gasteiger partial charge in [0.15, 0.2) is 0 Å². The van der Waals surface area contributed by atoms with Crippen molar-refractivity contribution in [2.45, 2.75) is 83.0 Å². The number of aliphatic hydroxyl groups is 1. The number of hydrogen-bond acceptors (Lipinski definition) is 8. The minimum Gasteiger partial charge on any atom is -0.444 e. The largest absolute Gasteiger partial charge is 0.444 e. The van der Waals surface area contributed by atoms with E-state index in [1.165, 1.54) is 0 Å². The molecule has 1 aliphatic rings. The molecule has 0 bridgehead atoms. The van der Waals surface area contributed by atoms with Crippen molar-refractivity contribution in [1.82, 2.24) is 20.1 Å². The molecule has 0 saturated carbocycles. The molecule has 3 aromatic carbocycles. The Hall–Kier alpha value is -5.04. The summed E-state index contributed by atoms with van der Waals surface area (Å²) in [5.41, 5.74) is 14.9. The van der Waals surface area contributed by atoms with Crippen LogP contribution in [-0.2, 0) is 38.6 Å². The Bertz CT molecular complexity index is 1800. The molecule has 0 aliphatic carbocycles. The number of nitrogens with zero attached hydrogens (tertiary/aromatic N) is 2. The SMILES string of the molecule is CC(C)(C)NC(=O)C1c2[nH]c3ccccc3c2CCN1C([C@H](O)CCc1ccccc1)N(C(=O)OCc1ccccc1)C(=O)[C@@H](N)CC(N)=O. The molecule has 12 nitrogen and oxygen atoms in total. The van der Waals surface area contributed by atoms with Crippen molar-refractivity contribution in [2.24, 2.45) is 11.5 Å². The van der Waals surface area contributed by atoms with Crippen LogP contribution in [0.5, 0.6) is 0 Å². The van der Waals surface area contributed by atoms with Crippen LogP contribution in [0, 0.1) is 0 Å². The molecule has 2 unspecified atom stereocenters. The van der Waals surface area contributed by atoms with Crippen LogP contribution in [0.2, 0.25) is 0 Å². The lowest BCUT2D eigenvalue weighted by Gasteiger charge is -2.46. The number of primary amides is 1. The molecule has 50 heavy (non-hydrogen) atoms. The zero-order chi connectivity index (χ0) is 36.0. The number of aliphatic hydroxyl groups excluding tert-OH is 1. The Kier molecular flexibility index (Phi) is 11.4. The number of hydrogen-bond donors (Lipinski definition) is 5. The number of amides is 4. The van der Waals surface area contributed by atoms with Gasteiger partial charge in [-0.1, -0.05) is 78.9 Å². The predicted octanol–water partition coefficient (Wildman–Crippen LogP) is 3.67. The molecule has 2 heterocycles. The first-order chi connectivity index (χ1) is 23.8. The molecule has 264 valence electrons. The monoisotopic (exact) mass is 682 g/mol. The average molecular weight is 683 g/mol. The molecular formula is C38H46N6O6. The van der Waals surface area contributed by atoms with Crippen molar-refractivity contribution in [3.8, 4) is 0 Å². The van der Waals surface area contributed by atoms with E-state index in [1.54, 1.807) is 29.2 Å². The fourth-order valence-electron chi connectivity index (χ4n) is 6.51. The third-order valence-corrected chi connectivity index (χ3v) is 8.72. The molecule has 0 fully saturated rings. The Morgan fingerprint density at radius 1 is 0.980 bits per heavy atom. The fourth-order valence-corrected chi connectivity index (χ4v) is 6.51. The van der Waals surface area contributed by atoms with Gasteiger partial charge in [0, 0.05) is 28.7 Å². The number of aromatic nitrogens is 1. The standard InChI is InChI=1S/C38H46N6O6/c1-38(2,3)42-34(47)33-32-27(26-16-10-11-17-29(26)41-32)20-21-43(33)35(30(45)19-18-24-12-6-4-7-13-24)44(36(48)28(39)22-31(40)46)37(49)50-23-25-14-8-5-9-15-25/h4-17,28,30,33,35,41,45H,18-23,39H2,1-3H3,(H2,40,46)(H,42,47)/t28-,30+,33?,35?/m0/s1. The van der Waals surface area contributed by atoms with Gasteiger partial charge in [0.25, 0.3) is 5.91 Å². The first kappa shape index (κ1) is 36.2. The smallest absolute Gasteiger partial charge is 0.418 e. The first-order valence-corrected chi connectivity index (χ1v) is 16.8. The Labute approximate surface area is 291 Å². The third kappa shape index (κ3) is 8.57.